The van der Waals surface area contributed by atoms with Gasteiger partial charge in [0.2, 0.25) is 5.95 Å². The van der Waals surface area contributed by atoms with Gasteiger partial charge in [0, 0.05) is 10.5 Å². The van der Waals surface area contributed by atoms with E-state index in [4.69, 9.17) is 10.5 Å². The lowest BCUT2D eigenvalue weighted by molar-refractivity contribution is 0.413. The Morgan fingerprint density at radius 2 is 2.05 bits per heavy atom. The summed E-state index contributed by atoms with van der Waals surface area (Å²) in [6.45, 7) is 0. The summed E-state index contributed by atoms with van der Waals surface area (Å²) in [4.78, 5) is 4.19. The number of hydrogen-bond donors (Lipinski definition) is 1. The van der Waals surface area contributed by atoms with E-state index in [2.05, 4.69) is 20.9 Å². The maximum absolute atomic E-state index is 13.3. The Bertz CT molecular complexity index is 800. The van der Waals surface area contributed by atoms with E-state index < -0.39 is 0 Å². The fourth-order valence-electron chi connectivity index (χ4n) is 2.16. The first-order valence-electron chi connectivity index (χ1n) is 5.87. The normalized spacial score (nSPS) is 10.9. The second-order valence-electron chi connectivity index (χ2n) is 4.25. The third-order valence-corrected chi connectivity index (χ3v) is 3.52. The second kappa shape index (κ2) is 4.79. The Balaban J connectivity index is 2.34. The molecule has 0 radical (unpaired) electrons. The number of nitrogens with two attached hydrogens (primary N) is 1. The highest BCUT2D eigenvalue weighted by Crippen LogP contribution is 2.31. The van der Waals surface area contributed by atoms with Crippen LogP contribution in [0.15, 0.2) is 40.9 Å². The number of aromatic nitrogens is 2. The van der Waals surface area contributed by atoms with Gasteiger partial charge in [-0.15, -0.1) is 0 Å². The molecule has 0 saturated heterocycles. The zero-order valence-corrected chi connectivity index (χ0v) is 12.2. The topological polar surface area (TPSA) is 53.1 Å². The highest BCUT2D eigenvalue weighted by atomic mass is 79.9. The zero-order valence-electron chi connectivity index (χ0n) is 10.6. The Morgan fingerprint density at radius 3 is 2.80 bits per heavy atom. The molecule has 0 aliphatic rings. The summed E-state index contributed by atoms with van der Waals surface area (Å²) < 4.78 is 21.2. The smallest absolute Gasteiger partial charge is 0.206 e. The minimum atomic E-state index is -0.344. The summed E-state index contributed by atoms with van der Waals surface area (Å²) in [5, 5.41) is 0. The first kappa shape index (κ1) is 12.9. The van der Waals surface area contributed by atoms with Crippen molar-refractivity contribution in [2.75, 3.05) is 12.8 Å². The van der Waals surface area contributed by atoms with Gasteiger partial charge >= 0.3 is 0 Å². The number of hydrogen-bond acceptors (Lipinski definition) is 3. The standard InChI is InChI=1S/C14H11BrFN3O/c1-20-13-5-2-8(15)6-12(13)19-11-4-3-9(16)7-10(11)18-14(19)17/h2-7H,1H3,(H2,17,18). The van der Waals surface area contributed by atoms with Crippen molar-refractivity contribution in [2.24, 2.45) is 0 Å². The summed E-state index contributed by atoms with van der Waals surface area (Å²) in [6.07, 6.45) is 0. The number of imidazole rings is 1. The van der Waals surface area contributed by atoms with Crippen molar-refractivity contribution in [3.05, 3.63) is 46.7 Å². The molecule has 0 unspecified atom stereocenters. The summed E-state index contributed by atoms with van der Waals surface area (Å²) in [5.74, 6) is 0.592. The minimum Gasteiger partial charge on any atom is -0.495 e. The molecular formula is C14H11BrFN3O. The van der Waals surface area contributed by atoms with Crippen LogP contribution in [0.2, 0.25) is 0 Å². The first-order chi connectivity index (χ1) is 9.60. The van der Waals surface area contributed by atoms with Crippen LogP contribution >= 0.6 is 15.9 Å². The van der Waals surface area contributed by atoms with Crippen LogP contribution in [-0.4, -0.2) is 16.7 Å². The monoisotopic (exact) mass is 335 g/mol. The van der Waals surface area contributed by atoms with Crippen molar-refractivity contribution in [1.29, 1.82) is 0 Å². The fraction of sp³-hybridized carbons (Fsp3) is 0.0714. The van der Waals surface area contributed by atoms with E-state index in [1.165, 1.54) is 12.1 Å². The molecule has 4 nitrogen and oxygen atoms in total. The summed E-state index contributed by atoms with van der Waals surface area (Å²) >= 11 is 3.42. The van der Waals surface area contributed by atoms with Crippen LogP contribution in [0, 0.1) is 5.82 Å². The molecule has 0 bridgehead atoms. The van der Waals surface area contributed by atoms with Crippen LogP contribution in [-0.2, 0) is 0 Å². The van der Waals surface area contributed by atoms with Crippen LogP contribution in [0.25, 0.3) is 16.7 Å². The lowest BCUT2D eigenvalue weighted by Crippen LogP contribution is -2.02. The maximum atomic E-state index is 13.3. The van der Waals surface area contributed by atoms with Gasteiger partial charge in [0.15, 0.2) is 0 Å². The number of fused-ring (bicyclic) bond motifs is 1. The number of benzene rings is 2. The Hall–Kier alpha value is -2.08. The van der Waals surface area contributed by atoms with Gasteiger partial charge in [-0.1, -0.05) is 15.9 Å². The fourth-order valence-corrected chi connectivity index (χ4v) is 2.51. The summed E-state index contributed by atoms with van der Waals surface area (Å²) in [7, 11) is 1.59. The van der Waals surface area contributed by atoms with Crippen LogP contribution in [0.5, 0.6) is 5.75 Å². The van der Waals surface area contributed by atoms with Gasteiger partial charge in [0.1, 0.15) is 11.6 Å². The number of anilines is 1. The van der Waals surface area contributed by atoms with Gasteiger partial charge in [-0.05, 0) is 30.3 Å². The number of nitrogens with zero attached hydrogens (tertiary/aromatic N) is 2. The third-order valence-electron chi connectivity index (χ3n) is 3.02. The van der Waals surface area contributed by atoms with E-state index >= 15 is 0 Å². The van der Waals surface area contributed by atoms with Crippen molar-refractivity contribution >= 4 is 32.9 Å². The minimum absolute atomic E-state index is 0.280. The molecule has 6 heteroatoms. The van der Waals surface area contributed by atoms with Crippen molar-refractivity contribution in [3.8, 4) is 11.4 Å². The Morgan fingerprint density at radius 1 is 1.25 bits per heavy atom. The van der Waals surface area contributed by atoms with E-state index in [0.29, 0.717) is 11.3 Å². The van der Waals surface area contributed by atoms with Crippen LogP contribution < -0.4 is 10.5 Å². The largest absolute Gasteiger partial charge is 0.495 e. The molecule has 0 spiro atoms. The lowest BCUT2D eigenvalue weighted by atomic mass is 10.2. The molecule has 0 fully saturated rings. The molecular weight excluding hydrogens is 325 g/mol. The average Bonchev–Trinajstić information content (AvgIpc) is 2.73. The maximum Gasteiger partial charge on any atom is 0.206 e. The average molecular weight is 336 g/mol. The van der Waals surface area contributed by atoms with Crippen LogP contribution in [0.3, 0.4) is 0 Å². The Kier molecular flexibility index (Phi) is 3.10. The van der Waals surface area contributed by atoms with Gasteiger partial charge in [0.05, 0.1) is 23.8 Å². The van der Waals surface area contributed by atoms with E-state index in [1.807, 2.05) is 18.2 Å². The van der Waals surface area contributed by atoms with E-state index in [9.17, 15) is 4.39 Å². The highest BCUT2D eigenvalue weighted by molar-refractivity contribution is 9.10. The molecule has 20 heavy (non-hydrogen) atoms. The quantitative estimate of drug-likeness (QED) is 0.779. The van der Waals surface area contributed by atoms with Crippen molar-refractivity contribution < 1.29 is 9.13 Å². The van der Waals surface area contributed by atoms with Crippen LogP contribution in [0.4, 0.5) is 10.3 Å². The molecule has 0 atom stereocenters. The predicted molar refractivity (Wildman–Crippen MR) is 79.7 cm³/mol. The molecule has 0 aliphatic heterocycles. The zero-order chi connectivity index (χ0) is 14.3. The molecule has 0 aliphatic carbocycles. The molecule has 2 N–H and O–H groups in total. The van der Waals surface area contributed by atoms with Crippen LogP contribution in [0.1, 0.15) is 0 Å². The molecule has 1 aromatic heterocycles. The molecule has 3 rings (SSSR count). The Labute approximate surface area is 123 Å². The lowest BCUT2D eigenvalue weighted by Gasteiger charge is -2.12. The molecule has 0 saturated carbocycles. The van der Waals surface area contributed by atoms with E-state index in [-0.39, 0.29) is 11.8 Å². The SMILES string of the molecule is COc1ccc(Br)cc1-n1c(N)nc2cc(F)ccc21. The van der Waals surface area contributed by atoms with Crippen molar-refractivity contribution in [1.82, 2.24) is 9.55 Å². The molecule has 102 valence electrons. The number of methoxy groups -OCH3 is 1. The summed E-state index contributed by atoms with van der Waals surface area (Å²) in [5.41, 5.74) is 7.94. The van der Waals surface area contributed by atoms with Gasteiger partial charge in [0.25, 0.3) is 0 Å². The van der Waals surface area contributed by atoms with E-state index in [0.717, 1.165) is 15.7 Å². The first-order valence-corrected chi connectivity index (χ1v) is 6.67. The van der Waals surface area contributed by atoms with Crippen molar-refractivity contribution in [3.63, 3.8) is 0 Å². The predicted octanol–water partition coefficient (Wildman–Crippen LogP) is 3.52. The third kappa shape index (κ3) is 2.02. The van der Waals surface area contributed by atoms with Crippen molar-refractivity contribution in [2.45, 2.75) is 0 Å². The van der Waals surface area contributed by atoms with Gasteiger partial charge < -0.3 is 10.5 Å². The highest BCUT2D eigenvalue weighted by Gasteiger charge is 2.14. The number of nitrogen functional groups attached to an aromatic ring is 1. The molecule has 3 aromatic rings. The number of rotatable bonds is 2. The molecule has 0 amide bonds. The van der Waals surface area contributed by atoms with E-state index in [1.54, 1.807) is 17.7 Å². The summed E-state index contributed by atoms with van der Waals surface area (Å²) in [6, 6.07) is 9.95. The van der Waals surface area contributed by atoms with Gasteiger partial charge in [-0.25, -0.2) is 9.37 Å². The van der Waals surface area contributed by atoms with Gasteiger partial charge in [-0.3, -0.25) is 4.57 Å². The second-order valence-corrected chi connectivity index (χ2v) is 5.17. The molecule has 2 aromatic carbocycles. The molecule has 1 heterocycles. The number of halogens is 2. The van der Waals surface area contributed by atoms with Gasteiger partial charge in [-0.2, -0.15) is 0 Å². The number of ether oxygens (including phenoxy) is 1.